The Morgan fingerprint density at radius 3 is 1.92 bits per heavy atom. The van der Waals surface area contributed by atoms with Gasteiger partial charge in [-0.2, -0.15) is 0 Å². The maximum absolute atomic E-state index is 11.0. The van der Waals surface area contributed by atoms with Crippen LogP contribution in [0.25, 0.3) is 66.8 Å². The van der Waals surface area contributed by atoms with Crippen LogP contribution in [0.15, 0.2) is 95.5 Å². The molecule has 1 N–H and O–H groups in total. The fourth-order valence-electron chi connectivity index (χ4n) is 6.64. The number of hydrogen-bond acceptors (Lipinski definition) is 4. The number of oxazole rings is 1. The smallest absolute Gasteiger partial charge is 0.230 e. The van der Waals surface area contributed by atoms with E-state index in [9.17, 15) is 5.11 Å². The Morgan fingerprint density at radius 1 is 0.640 bits per heavy atom. The van der Waals surface area contributed by atoms with E-state index in [1.807, 2.05) is 18.3 Å². The Bertz CT molecular complexity index is 2390. The van der Waals surface area contributed by atoms with Gasteiger partial charge in [0.05, 0.1) is 11.1 Å². The second-order valence-electron chi connectivity index (χ2n) is 15.5. The zero-order chi connectivity index (χ0) is 34.8. The molecule has 0 aliphatic heterocycles. The largest absolute Gasteiger partial charge is 0.507 e. The second-order valence-corrected chi connectivity index (χ2v) is 15.5. The van der Waals surface area contributed by atoms with E-state index in [4.69, 9.17) is 14.4 Å². The molecule has 5 heteroatoms. The standard InChI is InChI=1S/C45H43N2O2.Pt/c1-26-17-27(2)19-31(18-26)32-21-36(42-40(22-32)49-43(47-42)38-23-33(44(4,5)6)13-14-39(38)48)29-11-10-12-30(20-29)37-25-34(45(7,8)9)24-35-28(3)15-16-46-41(35)37;/h10-19,21-25,48H,1-9H3;/q-1;. The van der Waals surface area contributed by atoms with Crippen LogP contribution in [-0.2, 0) is 31.9 Å². The van der Waals surface area contributed by atoms with Crippen molar-refractivity contribution in [1.82, 2.24) is 9.97 Å². The molecule has 0 radical (unpaired) electrons. The van der Waals surface area contributed by atoms with Crippen molar-refractivity contribution in [2.24, 2.45) is 0 Å². The summed E-state index contributed by atoms with van der Waals surface area (Å²) in [5.41, 5.74) is 14.7. The summed E-state index contributed by atoms with van der Waals surface area (Å²) in [7, 11) is 0. The Labute approximate surface area is 309 Å². The van der Waals surface area contributed by atoms with Gasteiger partial charge in [-0.1, -0.05) is 106 Å². The van der Waals surface area contributed by atoms with Gasteiger partial charge in [-0.05, 0) is 89.1 Å². The average molecular weight is 839 g/mol. The zero-order valence-corrected chi connectivity index (χ0v) is 32.5. The van der Waals surface area contributed by atoms with Crippen LogP contribution < -0.4 is 0 Å². The van der Waals surface area contributed by atoms with Gasteiger partial charge in [0.1, 0.15) is 11.3 Å². The van der Waals surface area contributed by atoms with Gasteiger partial charge in [-0.15, -0.1) is 35.4 Å². The topological polar surface area (TPSA) is 59.2 Å². The van der Waals surface area contributed by atoms with Crippen LogP contribution in [0.5, 0.6) is 5.75 Å². The average Bonchev–Trinajstić information content (AvgIpc) is 3.47. The van der Waals surface area contributed by atoms with Gasteiger partial charge in [0.15, 0.2) is 0 Å². The van der Waals surface area contributed by atoms with E-state index in [1.165, 1.54) is 22.3 Å². The Hall–Kier alpha value is -4.53. The SMILES string of the molecule is Cc1cc(C)cc(-c2cc(-c3[c-]c(-c4cc(C(C)(C)C)cc5c(C)ccnc45)ccc3)c3nc(-c4cc(C(C)(C)C)ccc4O)oc3c2)c1.[Pt]. The fraction of sp³-hybridized carbons (Fsp3) is 0.244. The molecule has 5 aromatic carbocycles. The molecule has 0 saturated carbocycles. The summed E-state index contributed by atoms with van der Waals surface area (Å²) in [6, 6.07) is 33.2. The van der Waals surface area contributed by atoms with Crippen LogP contribution in [0.1, 0.15) is 69.4 Å². The first-order valence-corrected chi connectivity index (χ1v) is 17.0. The Balaban J connectivity index is 0.00000432. The molecule has 2 aromatic heterocycles. The molecule has 0 unspecified atom stereocenters. The van der Waals surface area contributed by atoms with Gasteiger partial charge >= 0.3 is 0 Å². The molecule has 0 spiro atoms. The molecule has 7 rings (SSSR count). The van der Waals surface area contributed by atoms with Gasteiger partial charge in [0.2, 0.25) is 5.89 Å². The van der Waals surface area contributed by atoms with E-state index in [0.29, 0.717) is 17.0 Å². The summed E-state index contributed by atoms with van der Waals surface area (Å²) < 4.78 is 6.53. The summed E-state index contributed by atoms with van der Waals surface area (Å²) in [5, 5.41) is 12.1. The first-order chi connectivity index (χ1) is 23.2. The fourth-order valence-corrected chi connectivity index (χ4v) is 6.64. The van der Waals surface area contributed by atoms with Crippen molar-refractivity contribution in [3.63, 3.8) is 0 Å². The first-order valence-electron chi connectivity index (χ1n) is 17.0. The number of aryl methyl sites for hydroxylation is 3. The van der Waals surface area contributed by atoms with Crippen molar-refractivity contribution in [2.45, 2.75) is 73.1 Å². The molecule has 0 aliphatic rings. The molecule has 0 amide bonds. The van der Waals surface area contributed by atoms with Crippen molar-refractivity contribution < 1.29 is 30.6 Å². The quantitative estimate of drug-likeness (QED) is 0.179. The number of phenolic OH excluding ortho intramolecular Hbond substituents is 1. The maximum atomic E-state index is 11.0. The minimum absolute atomic E-state index is 0. The van der Waals surface area contributed by atoms with Crippen LogP contribution in [0, 0.1) is 26.8 Å². The number of fused-ring (bicyclic) bond motifs is 2. The number of pyridine rings is 1. The van der Waals surface area contributed by atoms with Crippen LogP contribution in [-0.4, -0.2) is 15.1 Å². The molecule has 4 nitrogen and oxygen atoms in total. The van der Waals surface area contributed by atoms with E-state index >= 15 is 0 Å². The molecule has 0 bridgehead atoms. The Kier molecular flexibility index (Phi) is 9.16. The van der Waals surface area contributed by atoms with E-state index in [-0.39, 0.29) is 37.6 Å². The monoisotopic (exact) mass is 838 g/mol. The van der Waals surface area contributed by atoms with Gasteiger partial charge in [0.25, 0.3) is 0 Å². The van der Waals surface area contributed by atoms with Crippen molar-refractivity contribution in [3.8, 4) is 50.6 Å². The number of aromatic hydroxyl groups is 1. The minimum Gasteiger partial charge on any atom is -0.507 e. The molecule has 50 heavy (non-hydrogen) atoms. The van der Waals surface area contributed by atoms with E-state index in [0.717, 1.165) is 55.4 Å². The maximum Gasteiger partial charge on any atom is 0.230 e. The van der Waals surface area contributed by atoms with Crippen molar-refractivity contribution in [3.05, 3.63) is 125 Å². The summed E-state index contributed by atoms with van der Waals surface area (Å²) in [4.78, 5) is 9.93. The molecule has 0 saturated heterocycles. The summed E-state index contributed by atoms with van der Waals surface area (Å²) in [5.74, 6) is 0.523. The molecular formula is C45H43N2O2Pt-. The van der Waals surface area contributed by atoms with Crippen LogP contribution >= 0.6 is 0 Å². The van der Waals surface area contributed by atoms with Crippen LogP contribution in [0.2, 0.25) is 0 Å². The van der Waals surface area contributed by atoms with Crippen LogP contribution in [0.3, 0.4) is 0 Å². The predicted octanol–water partition coefficient (Wildman–Crippen LogP) is 12.1. The molecule has 0 atom stereocenters. The number of rotatable bonds is 4. The Morgan fingerprint density at radius 2 is 1.26 bits per heavy atom. The van der Waals surface area contributed by atoms with Crippen molar-refractivity contribution >= 4 is 22.0 Å². The van der Waals surface area contributed by atoms with Gasteiger partial charge in [-0.25, -0.2) is 4.98 Å². The number of nitrogens with zero attached hydrogens (tertiary/aromatic N) is 2. The molecule has 2 heterocycles. The van der Waals surface area contributed by atoms with E-state index < -0.39 is 0 Å². The van der Waals surface area contributed by atoms with Crippen molar-refractivity contribution in [1.29, 1.82) is 0 Å². The van der Waals surface area contributed by atoms with Gasteiger partial charge in [-0.3, -0.25) is 4.98 Å². The number of benzene rings is 5. The zero-order valence-electron chi connectivity index (χ0n) is 30.2. The summed E-state index contributed by atoms with van der Waals surface area (Å²) in [6.45, 7) is 19.6. The predicted molar refractivity (Wildman–Crippen MR) is 203 cm³/mol. The third-order valence-corrected chi connectivity index (χ3v) is 9.45. The van der Waals surface area contributed by atoms with E-state index in [2.05, 4.69) is 135 Å². The molecule has 7 aromatic rings. The third-order valence-electron chi connectivity index (χ3n) is 9.45. The molecule has 0 fully saturated rings. The number of aromatic nitrogens is 2. The number of hydrogen-bond donors (Lipinski definition) is 1. The number of phenols is 1. The summed E-state index contributed by atoms with van der Waals surface area (Å²) >= 11 is 0. The minimum atomic E-state index is -0.104. The van der Waals surface area contributed by atoms with Gasteiger partial charge < -0.3 is 9.52 Å². The second kappa shape index (κ2) is 13.0. The third kappa shape index (κ3) is 6.66. The summed E-state index contributed by atoms with van der Waals surface area (Å²) in [6.07, 6.45) is 1.89. The molecule has 256 valence electrons. The van der Waals surface area contributed by atoms with E-state index in [1.54, 1.807) is 6.07 Å². The molecule has 0 aliphatic carbocycles. The van der Waals surface area contributed by atoms with Crippen LogP contribution in [0.4, 0.5) is 0 Å². The first kappa shape index (κ1) is 35.3. The molecular weight excluding hydrogens is 796 g/mol. The normalized spacial score (nSPS) is 12.0. The van der Waals surface area contributed by atoms with Crippen molar-refractivity contribution in [2.75, 3.05) is 0 Å². The van der Waals surface area contributed by atoms with Gasteiger partial charge in [0, 0.05) is 32.8 Å².